The first-order valence-electron chi connectivity index (χ1n) is 5.06. The summed E-state index contributed by atoms with van der Waals surface area (Å²) in [7, 11) is 0. The van der Waals surface area contributed by atoms with Crippen LogP contribution in [0.4, 0.5) is 4.39 Å². The van der Waals surface area contributed by atoms with Crippen molar-refractivity contribution < 1.29 is 4.39 Å². The van der Waals surface area contributed by atoms with Gasteiger partial charge >= 0.3 is 0 Å². The minimum Gasteiger partial charge on any atom is -0.325 e. The van der Waals surface area contributed by atoms with E-state index in [-0.39, 0.29) is 11.7 Å². The molecule has 0 spiro atoms. The molecule has 0 fully saturated rings. The molecule has 0 radical (unpaired) electrons. The van der Waals surface area contributed by atoms with E-state index in [0.29, 0.717) is 17.0 Å². The molecule has 1 aromatic rings. The molecule has 0 amide bonds. The summed E-state index contributed by atoms with van der Waals surface area (Å²) in [4.78, 5) is 0. The first-order valence-corrected chi connectivity index (χ1v) is 5.43. The van der Waals surface area contributed by atoms with Gasteiger partial charge < -0.3 is 5.73 Å². The Balaban J connectivity index is 2.94. The summed E-state index contributed by atoms with van der Waals surface area (Å²) >= 11 is 5.82. The van der Waals surface area contributed by atoms with Gasteiger partial charge in [0.15, 0.2) is 0 Å². The number of hydrogen-bond acceptors (Lipinski definition) is 1. The molecule has 0 bridgehead atoms. The number of halogens is 2. The Morgan fingerprint density at radius 3 is 2.60 bits per heavy atom. The Labute approximate surface area is 95.4 Å². The predicted octanol–water partition coefficient (Wildman–Crippen LogP) is 3.40. The van der Waals surface area contributed by atoms with Gasteiger partial charge in [0, 0.05) is 10.6 Å². The standard InChI is InChI=1S/C12H17ClFN/c1-8(2)12(3,15)7-9-6-10(13)4-5-11(9)14/h4-6,8H,7,15H2,1-3H3. The smallest absolute Gasteiger partial charge is 0.126 e. The molecule has 1 atom stereocenters. The summed E-state index contributed by atoms with van der Waals surface area (Å²) in [5.74, 6) is 0.0487. The molecule has 84 valence electrons. The second-order valence-corrected chi connectivity index (χ2v) is 5.01. The molecule has 1 nitrogen and oxygen atoms in total. The van der Waals surface area contributed by atoms with Gasteiger partial charge in [-0.05, 0) is 43.0 Å². The SMILES string of the molecule is CC(C)C(C)(N)Cc1cc(Cl)ccc1F. The van der Waals surface area contributed by atoms with Crippen LogP contribution in [-0.2, 0) is 6.42 Å². The third-order valence-corrected chi connectivity index (χ3v) is 3.13. The molecule has 0 heterocycles. The second-order valence-electron chi connectivity index (χ2n) is 4.57. The lowest BCUT2D eigenvalue weighted by molar-refractivity contribution is 0.333. The summed E-state index contributed by atoms with van der Waals surface area (Å²) in [5.41, 5.74) is 6.27. The van der Waals surface area contributed by atoms with Crippen molar-refractivity contribution in [3.8, 4) is 0 Å². The molecule has 0 aliphatic carbocycles. The van der Waals surface area contributed by atoms with Gasteiger partial charge in [0.05, 0.1) is 0 Å². The highest BCUT2D eigenvalue weighted by Gasteiger charge is 2.24. The fraction of sp³-hybridized carbons (Fsp3) is 0.500. The molecule has 0 aliphatic heterocycles. The number of nitrogens with two attached hydrogens (primary N) is 1. The third-order valence-electron chi connectivity index (χ3n) is 2.90. The van der Waals surface area contributed by atoms with Crippen LogP contribution in [0, 0.1) is 11.7 Å². The third kappa shape index (κ3) is 3.18. The van der Waals surface area contributed by atoms with Gasteiger partial charge in [-0.2, -0.15) is 0 Å². The maximum absolute atomic E-state index is 13.4. The normalized spacial score (nSPS) is 15.4. The first kappa shape index (κ1) is 12.5. The van der Waals surface area contributed by atoms with Crippen LogP contribution in [0.2, 0.25) is 5.02 Å². The second kappa shape index (κ2) is 4.50. The van der Waals surface area contributed by atoms with Crippen molar-refractivity contribution in [2.24, 2.45) is 11.7 Å². The molecular formula is C12H17ClFN. The molecule has 0 saturated carbocycles. The van der Waals surface area contributed by atoms with Gasteiger partial charge in [-0.1, -0.05) is 25.4 Å². The predicted molar refractivity (Wildman–Crippen MR) is 62.5 cm³/mol. The van der Waals surface area contributed by atoms with Gasteiger partial charge in [-0.3, -0.25) is 0 Å². The Kier molecular flexibility index (Phi) is 3.74. The highest BCUT2D eigenvalue weighted by molar-refractivity contribution is 6.30. The minimum absolute atomic E-state index is 0.239. The number of benzene rings is 1. The zero-order chi connectivity index (χ0) is 11.6. The lowest BCUT2D eigenvalue weighted by Gasteiger charge is -2.29. The van der Waals surface area contributed by atoms with Gasteiger partial charge in [-0.15, -0.1) is 0 Å². The molecule has 3 heteroatoms. The van der Waals surface area contributed by atoms with Crippen molar-refractivity contribution in [2.75, 3.05) is 0 Å². The molecule has 15 heavy (non-hydrogen) atoms. The maximum atomic E-state index is 13.4. The molecule has 0 saturated heterocycles. The van der Waals surface area contributed by atoms with E-state index in [1.807, 2.05) is 20.8 Å². The maximum Gasteiger partial charge on any atom is 0.126 e. The lowest BCUT2D eigenvalue weighted by atomic mass is 9.83. The van der Waals surface area contributed by atoms with E-state index in [9.17, 15) is 4.39 Å². The van der Waals surface area contributed by atoms with E-state index >= 15 is 0 Å². The zero-order valence-electron chi connectivity index (χ0n) is 9.35. The van der Waals surface area contributed by atoms with Crippen LogP contribution in [0.5, 0.6) is 0 Å². The first-order chi connectivity index (χ1) is 6.83. The minimum atomic E-state index is -0.411. The Bertz CT molecular complexity index is 347. The van der Waals surface area contributed by atoms with Crippen LogP contribution in [0.15, 0.2) is 18.2 Å². The largest absolute Gasteiger partial charge is 0.325 e. The zero-order valence-corrected chi connectivity index (χ0v) is 10.1. The van der Waals surface area contributed by atoms with E-state index in [0.717, 1.165) is 0 Å². The summed E-state index contributed by atoms with van der Waals surface area (Å²) in [5, 5.41) is 0.547. The molecule has 1 unspecified atom stereocenters. The fourth-order valence-electron chi connectivity index (χ4n) is 1.29. The summed E-state index contributed by atoms with van der Waals surface area (Å²) in [6, 6.07) is 4.57. The van der Waals surface area contributed by atoms with Crippen LogP contribution in [0.25, 0.3) is 0 Å². The highest BCUT2D eigenvalue weighted by Crippen LogP contribution is 2.23. The monoisotopic (exact) mass is 229 g/mol. The van der Waals surface area contributed by atoms with Crippen LogP contribution in [-0.4, -0.2) is 5.54 Å². The van der Waals surface area contributed by atoms with E-state index in [1.54, 1.807) is 12.1 Å². The van der Waals surface area contributed by atoms with E-state index in [4.69, 9.17) is 17.3 Å². The number of rotatable bonds is 3. The Morgan fingerprint density at radius 2 is 2.07 bits per heavy atom. The Morgan fingerprint density at radius 1 is 1.47 bits per heavy atom. The lowest BCUT2D eigenvalue weighted by Crippen LogP contribution is -2.44. The van der Waals surface area contributed by atoms with Crippen LogP contribution in [0.3, 0.4) is 0 Å². The van der Waals surface area contributed by atoms with Gasteiger partial charge in [0.25, 0.3) is 0 Å². The van der Waals surface area contributed by atoms with Gasteiger partial charge in [-0.25, -0.2) is 4.39 Å². The summed E-state index contributed by atoms with van der Waals surface area (Å²) in [6.45, 7) is 5.99. The Hall–Kier alpha value is -0.600. The molecule has 2 N–H and O–H groups in total. The van der Waals surface area contributed by atoms with E-state index < -0.39 is 5.54 Å². The van der Waals surface area contributed by atoms with Crippen molar-refractivity contribution in [1.82, 2.24) is 0 Å². The summed E-state index contributed by atoms with van der Waals surface area (Å²) < 4.78 is 13.4. The van der Waals surface area contributed by atoms with E-state index in [1.165, 1.54) is 6.07 Å². The van der Waals surface area contributed by atoms with Gasteiger partial charge in [0.2, 0.25) is 0 Å². The van der Waals surface area contributed by atoms with Crippen LogP contribution in [0.1, 0.15) is 26.3 Å². The molecule has 0 aliphatic rings. The van der Waals surface area contributed by atoms with E-state index in [2.05, 4.69) is 0 Å². The van der Waals surface area contributed by atoms with Crippen molar-refractivity contribution in [2.45, 2.75) is 32.7 Å². The average molecular weight is 230 g/mol. The molecule has 0 aromatic heterocycles. The van der Waals surface area contributed by atoms with Crippen LogP contribution < -0.4 is 5.73 Å². The highest BCUT2D eigenvalue weighted by atomic mass is 35.5. The van der Waals surface area contributed by atoms with Crippen molar-refractivity contribution in [3.05, 3.63) is 34.6 Å². The van der Waals surface area contributed by atoms with Crippen molar-refractivity contribution in [3.63, 3.8) is 0 Å². The average Bonchev–Trinajstić information content (AvgIpc) is 2.10. The molecular weight excluding hydrogens is 213 g/mol. The van der Waals surface area contributed by atoms with Crippen molar-refractivity contribution >= 4 is 11.6 Å². The van der Waals surface area contributed by atoms with Crippen LogP contribution >= 0.6 is 11.6 Å². The van der Waals surface area contributed by atoms with Crippen molar-refractivity contribution in [1.29, 1.82) is 0 Å². The quantitative estimate of drug-likeness (QED) is 0.845. The fourth-order valence-corrected chi connectivity index (χ4v) is 1.49. The molecule has 1 aromatic carbocycles. The number of hydrogen-bond donors (Lipinski definition) is 1. The topological polar surface area (TPSA) is 26.0 Å². The molecule has 1 rings (SSSR count). The summed E-state index contributed by atoms with van der Waals surface area (Å²) in [6.07, 6.45) is 0.497. The van der Waals surface area contributed by atoms with Gasteiger partial charge in [0.1, 0.15) is 5.82 Å².